The van der Waals surface area contributed by atoms with Gasteiger partial charge in [-0.05, 0) is 63.7 Å². The highest BCUT2D eigenvalue weighted by Crippen LogP contribution is 2.41. The van der Waals surface area contributed by atoms with Crippen molar-refractivity contribution < 1.29 is 0 Å². The summed E-state index contributed by atoms with van der Waals surface area (Å²) in [5.74, 6) is 0. The van der Waals surface area contributed by atoms with Gasteiger partial charge >= 0.3 is 0 Å². The van der Waals surface area contributed by atoms with E-state index in [-0.39, 0.29) is 5.25 Å². The topological polar surface area (TPSA) is 38.9 Å². The summed E-state index contributed by atoms with van der Waals surface area (Å²) in [5.41, 5.74) is 11.4. The van der Waals surface area contributed by atoms with Gasteiger partial charge in [-0.1, -0.05) is 15.9 Å². The van der Waals surface area contributed by atoms with Gasteiger partial charge in [0.15, 0.2) is 0 Å². The van der Waals surface area contributed by atoms with Crippen molar-refractivity contribution >= 4 is 50.2 Å². The summed E-state index contributed by atoms with van der Waals surface area (Å²) in [6.45, 7) is 0. The molecule has 1 aliphatic carbocycles. The maximum Gasteiger partial charge on any atom is 0.0705 e. The fourth-order valence-corrected chi connectivity index (χ4v) is 4.40. The first-order valence-corrected chi connectivity index (χ1v) is 8.06. The molecule has 0 bridgehead atoms. The van der Waals surface area contributed by atoms with Gasteiger partial charge in [0.1, 0.15) is 0 Å². The number of benzene rings is 1. The van der Waals surface area contributed by atoms with Crippen LogP contribution in [0.4, 0.5) is 5.69 Å². The summed E-state index contributed by atoms with van der Waals surface area (Å²) < 4.78 is 2.02. The minimum absolute atomic E-state index is 0.0180. The molecule has 3 rings (SSSR count). The lowest BCUT2D eigenvalue weighted by Crippen LogP contribution is -2.02. The second kappa shape index (κ2) is 5.11. The third kappa shape index (κ3) is 2.43. The molecule has 1 atom stereocenters. The Kier molecular flexibility index (Phi) is 3.62. The highest BCUT2D eigenvalue weighted by molar-refractivity contribution is 9.10. The van der Waals surface area contributed by atoms with E-state index < -0.39 is 0 Å². The maximum absolute atomic E-state index is 5.93. The van der Waals surface area contributed by atoms with Crippen LogP contribution in [0.5, 0.6) is 0 Å². The lowest BCUT2D eigenvalue weighted by Gasteiger charge is -2.16. The quantitative estimate of drug-likeness (QED) is 0.511. The second-order valence-corrected chi connectivity index (χ2v) is 6.96. The van der Waals surface area contributed by atoms with Crippen molar-refractivity contribution in [1.82, 2.24) is 4.98 Å². The normalized spacial score (nSPS) is 17.5. The fraction of sp³-hybridized carbons (Fsp3) is 0.214. The van der Waals surface area contributed by atoms with E-state index in [1.807, 2.05) is 18.3 Å². The number of nitrogen functional groups attached to an aromatic ring is 1. The van der Waals surface area contributed by atoms with Crippen LogP contribution < -0.4 is 5.73 Å². The zero-order valence-corrected chi connectivity index (χ0v) is 14.1. The van der Waals surface area contributed by atoms with Crippen molar-refractivity contribution in [3.8, 4) is 0 Å². The first kappa shape index (κ1) is 13.5. The van der Waals surface area contributed by atoms with Gasteiger partial charge in [0.25, 0.3) is 0 Å². The second-order valence-electron chi connectivity index (χ2n) is 4.68. The summed E-state index contributed by atoms with van der Waals surface area (Å²) >= 11 is 11.9. The SMILES string of the molecule is Nc1cc(Br)c2c(c1)CCc1cc(Br)cnc1C2S. The summed E-state index contributed by atoms with van der Waals surface area (Å²) in [5, 5.41) is -0.0180. The van der Waals surface area contributed by atoms with E-state index in [9.17, 15) is 0 Å². The molecule has 1 unspecified atom stereocenters. The summed E-state index contributed by atoms with van der Waals surface area (Å²) in [6.07, 6.45) is 3.75. The minimum atomic E-state index is -0.0180. The number of hydrogen-bond acceptors (Lipinski definition) is 3. The average molecular weight is 400 g/mol. The molecule has 0 spiro atoms. The molecular formula is C14H12Br2N2S. The van der Waals surface area contributed by atoms with E-state index in [1.54, 1.807) is 0 Å². The number of hydrogen-bond donors (Lipinski definition) is 2. The first-order chi connectivity index (χ1) is 9.06. The number of aryl methyl sites for hydroxylation is 2. The molecule has 0 saturated carbocycles. The molecule has 5 heteroatoms. The van der Waals surface area contributed by atoms with Gasteiger partial charge in [0, 0.05) is 20.8 Å². The standard InChI is InChI=1S/C14H12Br2N2S/c15-9-3-8-2-1-7-4-10(17)5-11(16)12(7)14(19)13(8)18-6-9/h3-6,14,19H,1-2,17H2. The van der Waals surface area contributed by atoms with E-state index in [1.165, 1.54) is 16.7 Å². The molecule has 0 amide bonds. The predicted molar refractivity (Wildman–Crippen MR) is 88.7 cm³/mol. The summed E-state index contributed by atoms with van der Waals surface area (Å²) in [4.78, 5) is 4.55. The molecule has 1 aromatic heterocycles. The zero-order valence-electron chi connectivity index (χ0n) is 10.0. The number of fused-ring (bicyclic) bond motifs is 2. The smallest absolute Gasteiger partial charge is 0.0705 e. The predicted octanol–water partition coefficient (Wildman–Crippen LogP) is 4.31. The van der Waals surface area contributed by atoms with E-state index in [2.05, 4.69) is 42.9 Å². The third-order valence-electron chi connectivity index (χ3n) is 3.40. The highest BCUT2D eigenvalue weighted by Gasteiger charge is 2.24. The van der Waals surface area contributed by atoms with Crippen molar-refractivity contribution in [3.63, 3.8) is 0 Å². The molecule has 2 N–H and O–H groups in total. The number of rotatable bonds is 0. The van der Waals surface area contributed by atoms with Crippen molar-refractivity contribution in [3.05, 3.63) is 55.7 Å². The number of nitrogens with two attached hydrogens (primary N) is 1. The Balaban J connectivity index is 2.20. The number of halogens is 2. The molecule has 1 aliphatic rings. The van der Waals surface area contributed by atoms with Crippen LogP contribution in [0, 0.1) is 0 Å². The van der Waals surface area contributed by atoms with E-state index in [0.717, 1.165) is 33.2 Å². The summed E-state index contributed by atoms with van der Waals surface area (Å²) in [6, 6.07) is 6.12. The van der Waals surface area contributed by atoms with Crippen LogP contribution in [0.25, 0.3) is 0 Å². The van der Waals surface area contributed by atoms with Crippen molar-refractivity contribution in [1.29, 1.82) is 0 Å². The van der Waals surface area contributed by atoms with Crippen LogP contribution in [0.3, 0.4) is 0 Å². The van der Waals surface area contributed by atoms with Crippen molar-refractivity contribution in [2.24, 2.45) is 0 Å². The molecule has 1 heterocycles. The molecule has 98 valence electrons. The van der Waals surface area contributed by atoms with Crippen molar-refractivity contribution in [2.45, 2.75) is 18.1 Å². The molecule has 0 radical (unpaired) electrons. The van der Waals surface area contributed by atoms with Crippen LogP contribution in [-0.4, -0.2) is 4.98 Å². The Labute approximate surface area is 134 Å². The lowest BCUT2D eigenvalue weighted by molar-refractivity contribution is 0.949. The number of pyridine rings is 1. The van der Waals surface area contributed by atoms with Crippen LogP contribution in [-0.2, 0) is 12.8 Å². The molecule has 0 saturated heterocycles. The molecule has 0 aliphatic heterocycles. The van der Waals surface area contributed by atoms with Gasteiger partial charge in [0.2, 0.25) is 0 Å². The van der Waals surface area contributed by atoms with Gasteiger partial charge in [-0.2, -0.15) is 12.6 Å². The van der Waals surface area contributed by atoms with E-state index in [4.69, 9.17) is 18.4 Å². The maximum atomic E-state index is 5.93. The van der Waals surface area contributed by atoms with Gasteiger partial charge < -0.3 is 5.73 Å². The molecule has 0 fully saturated rings. The van der Waals surface area contributed by atoms with Gasteiger partial charge in [-0.25, -0.2) is 0 Å². The molecule has 1 aromatic carbocycles. The Morgan fingerprint density at radius 1 is 1.16 bits per heavy atom. The number of aromatic nitrogens is 1. The first-order valence-electron chi connectivity index (χ1n) is 5.96. The van der Waals surface area contributed by atoms with Gasteiger partial charge in [-0.3, -0.25) is 4.98 Å². The average Bonchev–Trinajstić information content (AvgIpc) is 2.47. The van der Waals surface area contributed by atoms with Gasteiger partial charge in [0.05, 0.1) is 10.9 Å². The van der Waals surface area contributed by atoms with Crippen LogP contribution in [0.2, 0.25) is 0 Å². The van der Waals surface area contributed by atoms with Gasteiger partial charge in [-0.15, -0.1) is 0 Å². The Bertz CT molecular complexity index is 658. The monoisotopic (exact) mass is 398 g/mol. The number of anilines is 1. The largest absolute Gasteiger partial charge is 0.399 e. The van der Waals surface area contributed by atoms with Crippen LogP contribution >= 0.6 is 44.5 Å². The Morgan fingerprint density at radius 2 is 1.89 bits per heavy atom. The number of nitrogens with zero attached hydrogens (tertiary/aromatic N) is 1. The minimum Gasteiger partial charge on any atom is -0.399 e. The van der Waals surface area contributed by atoms with E-state index >= 15 is 0 Å². The molecular weight excluding hydrogens is 388 g/mol. The Morgan fingerprint density at radius 3 is 2.68 bits per heavy atom. The zero-order chi connectivity index (χ0) is 13.6. The molecule has 2 nitrogen and oxygen atoms in total. The van der Waals surface area contributed by atoms with Crippen LogP contribution in [0.1, 0.15) is 27.6 Å². The third-order valence-corrected chi connectivity index (χ3v) is 4.99. The molecule has 19 heavy (non-hydrogen) atoms. The highest BCUT2D eigenvalue weighted by atomic mass is 79.9. The van der Waals surface area contributed by atoms with Crippen molar-refractivity contribution in [2.75, 3.05) is 5.73 Å². The van der Waals surface area contributed by atoms with E-state index in [0.29, 0.717) is 0 Å². The fourth-order valence-electron chi connectivity index (χ4n) is 2.56. The summed E-state index contributed by atoms with van der Waals surface area (Å²) in [7, 11) is 0. The lowest BCUT2D eigenvalue weighted by atomic mass is 10.0. The van der Waals surface area contributed by atoms with Crippen LogP contribution in [0.15, 0.2) is 33.3 Å². The Hall–Kier alpha value is -0.520. The molecule has 2 aromatic rings. The number of thiol groups is 1.